The standard InChI is InChI=1S/C3H7FO2/c1-6-3(4)2-5/h3,5H,2H2,1H3. The maximum Gasteiger partial charge on any atom is 0.221 e. The summed E-state index contributed by atoms with van der Waals surface area (Å²) in [7, 11) is 1.20. The monoisotopic (exact) mass is 94.0 g/mol. The minimum Gasteiger partial charge on any atom is -0.391 e. The number of halogens is 1. The molecule has 6 heavy (non-hydrogen) atoms. The summed E-state index contributed by atoms with van der Waals surface area (Å²) in [5.41, 5.74) is 0. The molecule has 0 aliphatic rings. The molecule has 3 heteroatoms. The van der Waals surface area contributed by atoms with Gasteiger partial charge in [-0.3, -0.25) is 0 Å². The Morgan fingerprint density at radius 1 is 2.00 bits per heavy atom. The Labute approximate surface area is 35.5 Å². The molecule has 0 radical (unpaired) electrons. The van der Waals surface area contributed by atoms with E-state index < -0.39 is 13.0 Å². The van der Waals surface area contributed by atoms with Crippen molar-refractivity contribution in [2.75, 3.05) is 13.7 Å². The second-order valence-corrected chi connectivity index (χ2v) is 0.828. The Morgan fingerprint density at radius 3 is 2.50 bits per heavy atom. The maximum atomic E-state index is 11.4. The summed E-state index contributed by atoms with van der Waals surface area (Å²) >= 11 is 0. The highest BCUT2D eigenvalue weighted by Crippen LogP contribution is 1.84. The van der Waals surface area contributed by atoms with Crippen molar-refractivity contribution in [1.29, 1.82) is 0 Å². The molecular formula is C3H7FO2. The molecule has 0 saturated heterocycles. The first-order valence-corrected chi connectivity index (χ1v) is 1.59. The summed E-state index contributed by atoms with van der Waals surface area (Å²) in [6.07, 6.45) is -1.51. The van der Waals surface area contributed by atoms with Crippen LogP contribution in [0.1, 0.15) is 0 Å². The van der Waals surface area contributed by atoms with Gasteiger partial charge in [0.1, 0.15) is 0 Å². The summed E-state index contributed by atoms with van der Waals surface area (Å²) in [6, 6.07) is 0. The molecule has 0 aromatic carbocycles. The van der Waals surface area contributed by atoms with E-state index in [2.05, 4.69) is 4.74 Å². The lowest BCUT2D eigenvalue weighted by atomic mass is 10.7. The predicted molar refractivity (Wildman–Crippen MR) is 19.0 cm³/mol. The van der Waals surface area contributed by atoms with E-state index in [1.807, 2.05) is 0 Å². The van der Waals surface area contributed by atoms with Gasteiger partial charge in [0, 0.05) is 7.11 Å². The van der Waals surface area contributed by atoms with Crippen molar-refractivity contribution in [3.05, 3.63) is 0 Å². The molecule has 0 aliphatic heterocycles. The van der Waals surface area contributed by atoms with Gasteiger partial charge in [-0.25, -0.2) is 4.39 Å². The quantitative estimate of drug-likeness (QED) is 0.518. The zero-order chi connectivity index (χ0) is 4.99. The average molecular weight is 94.1 g/mol. The van der Waals surface area contributed by atoms with E-state index in [0.29, 0.717) is 0 Å². The Bertz CT molecular complexity index is 28.0. The van der Waals surface area contributed by atoms with Crippen LogP contribution in [0, 0.1) is 0 Å². The van der Waals surface area contributed by atoms with Gasteiger partial charge in [0.15, 0.2) is 0 Å². The number of methoxy groups -OCH3 is 1. The number of hydrogen-bond donors (Lipinski definition) is 1. The zero-order valence-corrected chi connectivity index (χ0v) is 3.52. The second-order valence-electron chi connectivity index (χ2n) is 0.828. The van der Waals surface area contributed by atoms with Crippen molar-refractivity contribution in [1.82, 2.24) is 0 Å². The summed E-state index contributed by atoms with van der Waals surface area (Å²) in [5, 5.41) is 7.83. The van der Waals surface area contributed by atoms with E-state index >= 15 is 0 Å². The number of ether oxygens (including phenoxy) is 1. The summed E-state index contributed by atoms with van der Waals surface area (Å²) in [4.78, 5) is 0. The van der Waals surface area contributed by atoms with Crippen LogP contribution in [-0.4, -0.2) is 25.2 Å². The van der Waals surface area contributed by atoms with Gasteiger partial charge in [-0.2, -0.15) is 0 Å². The van der Waals surface area contributed by atoms with Gasteiger partial charge in [-0.05, 0) is 0 Å². The summed E-state index contributed by atoms with van der Waals surface area (Å²) < 4.78 is 15.4. The molecular weight excluding hydrogens is 87.0 g/mol. The molecule has 0 spiro atoms. The van der Waals surface area contributed by atoms with Crippen molar-refractivity contribution < 1.29 is 14.2 Å². The molecule has 0 aliphatic carbocycles. The average Bonchev–Trinajstić information content (AvgIpc) is 1.65. The SMILES string of the molecule is COC(F)CO. The Balaban J connectivity index is 2.75. The molecule has 38 valence electrons. The van der Waals surface area contributed by atoms with Gasteiger partial charge >= 0.3 is 0 Å². The lowest BCUT2D eigenvalue weighted by Crippen LogP contribution is -2.06. The highest BCUT2D eigenvalue weighted by molar-refractivity contribution is 4.27. The fourth-order valence-corrected chi connectivity index (χ4v) is 0.0745. The first-order chi connectivity index (χ1) is 2.81. The highest BCUT2D eigenvalue weighted by Gasteiger charge is 1.95. The minimum atomic E-state index is -1.51. The smallest absolute Gasteiger partial charge is 0.221 e. The highest BCUT2D eigenvalue weighted by atomic mass is 19.1. The largest absolute Gasteiger partial charge is 0.391 e. The van der Waals surface area contributed by atoms with Crippen LogP contribution in [-0.2, 0) is 4.74 Å². The van der Waals surface area contributed by atoms with E-state index in [1.54, 1.807) is 0 Å². The van der Waals surface area contributed by atoms with Gasteiger partial charge in [0.25, 0.3) is 0 Å². The zero-order valence-electron chi connectivity index (χ0n) is 3.52. The van der Waals surface area contributed by atoms with Crippen molar-refractivity contribution in [3.8, 4) is 0 Å². The van der Waals surface area contributed by atoms with Gasteiger partial charge in [-0.1, -0.05) is 0 Å². The fourth-order valence-electron chi connectivity index (χ4n) is 0.0745. The van der Waals surface area contributed by atoms with Crippen LogP contribution in [0.2, 0.25) is 0 Å². The van der Waals surface area contributed by atoms with E-state index in [4.69, 9.17) is 5.11 Å². The third kappa shape index (κ3) is 2.11. The molecule has 1 N–H and O–H groups in total. The minimum absolute atomic E-state index is 0.559. The topological polar surface area (TPSA) is 29.5 Å². The van der Waals surface area contributed by atoms with Gasteiger partial charge in [0.05, 0.1) is 6.61 Å². The van der Waals surface area contributed by atoms with Crippen LogP contribution in [0.5, 0.6) is 0 Å². The van der Waals surface area contributed by atoms with Crippen LogP contribution >= 0.6 is 0 Å². The van der Waals surface area contributed by atoms with Crippen LogP contribution < -0.4 is 0 Å². The van der Waals surface area contributed by atoms with Crippen LogP contribution in [0.4, 0.5) is 4.39 Å². The van der Waals surface area contributed by atoms with Gasteiger partial charge in [-0.15, -0.1) is 0 Å². The molecule has 0 saturated carbocycles. The van der Waals surface area contributed by atoms with E-state index in [9.17, 15) is 4.39 Å². The molecule has 0 bridgehead atoms. The molecule has 0 fully saturated rings. The van der Waals surface area contributed by atoms with Gasteiger partial charge in [0.2, 0.25) is 6.36 Å². The van der Waals surface area contributed by atoms with E-state index in [-0.39, 0.29) is 0 Å². The van der Waals surface area contributed by atoms with Crippen LogP contribution in [0.15, 0.2) is 0 Å². The molecule has 2 nitrogen and oxygen atoms in total. The molecule has 0 amide bonds. The normalized spacial score (nSPS) is 14.5. The molecule has 0 aromatic rings. The Morgan fingerprint density at radius 2 is 2.50 bits per heavy atom. The third-order valence-corrected chi connectivity index (χ3v) is 0.399. The van der Waals surface area contributed by atoms with E-state index in [0.717, 1.165) is 0 Å². The van der Waals surface area contributed by atoms with Crippen molar-refractivity contribution >= 4 is 0 Å². The third-order valence-electron chi connectivity index (χ3n) is 0.399. The lowest BCUT2D eigenvalue weighted by molar-refractivity contribution is -0.0426. The lowest BCUT2D eigenvalue weighted by Gasteiger charge is -1.96. The molecule has 1 unspecified atom stereocenters. The summed E-state index contributed by atoms with van der Waals surface area (Å²) in [6.45, 7) is -0.559. The predicted octanol–water partition coefficient (Wildman–Crippen LogP) is -0.0793. The number of alkyl halides is 1. The molecule has 0 rings (SSSR count). The van der Waals surface area contributed by atoms with Gasteiger partial charge < -0.3 is 9.84 Å². The number of aliphatic hydroxyl groups is 1. The number of rotatable bonds is 2. The Kier molecular flexibility index (Phi) is 2.98. The van der Waals surface area contributed by atoms with E-state index in [1.165, 1.54) is 7.11 Å². The molecule has 1 atom stereocenters. The van der Waals surface area contributed by atoms with Crippen molar-refractivity contribution in [2.45, 2.75) is 6.36 Å². The Hall–Kier alpha value is -0.150. The first-order valence-electron chi connectivity index (χ1n) is 1.59. The van der Waals surface area contributed by atoms with Crippen LogP contribution in [0.25, 0.3) is 0 Å². The maximum absolute atomic E-state index is 11.4. The molecule has 0 heterocycles. The van der Waals surface area contributed by atoms with Crippen molar-refractivity contribution in [3.63, 3.8) is 0 Å². The fraction of sp³-hybridized carbons (Fsp3) is 1.00. The summed E-state index contributed by atoms with van der Waals surface area (Å²) in [5.74, 6) is 0. The second kappa shape index (κ2) is 3.06. The number of hydrogen-bond acceptors (Lipinski definition) is 2. The molecule has 0 aromatic heterocycles. The first kappa shape index (κ1) is 5.85. The number of aliphatic hydroxyl groups excluding tert-OH is 1. The van der Waals surface area contributed by atoms with Crippen LogP contribution in [0.3, 0.4) is 0 Å². The van der Waals surface area contributed by atoms with Crippen molar-refractivity contribution in [2.24, 2.45) is 0 Å².